The Morgan fingerprint density at radius 2 is 1.79 bits per heavy atom. The van der Waals surface area contributed by atoms with E-state index in [1.807, 2.05) is 11.3 Å². The highest BCUT2D eigenvalue weighted by Crippen LogP contribution is 2.32. The average molecular weight is 409 g/mol. The summed E-state index contributed by atoms with van der Waals surface area (Å²) in [5.74, 6) is 1.87. The topological polar surface area (TPSA) is 48.0 Å². The summed E-state index contributed by atoms with van der Waals surface area (Å²) >= 11 is 1.85. The van der Waals surface area contributed by atoms with E-state index in [0.717, 1.165) is 11.7 Å². The molecule has 5 nitrogen and oxygen atoms in total. The molecule has 2 fully saturated rings. The minimum absolute atomic E-state index is 0.267. The molecule has 2 aromatic heterocycles. The number of nitrogens with one attached hydrogen (secondary N) is 1. The number of quaternary nitrogens is 1. The van der Waals surface area contributed by atoms with Crippen molar-refractivity contribution < 1.29 is 4.90 Å². The van der Waals surface area contributed by atoms with Crippen LogP contribution in [-0.2, 0) is 6.42 Å². The first kappa shape index (κ1) is 18.9. The van der Waals surface area contributed by atoms with E-state index in [2.05, 4.69) is 68.1 Å². The quantitative estimate of drug-likeness (QED) is 0.679. The summed E-state index contributed by atoms with van der Waals surface area (Å²) in [5.41, 5.74) is 1.47. The molecule has 0 bridgehead atoms. The van der Waals surface area contributed by atoms with E-state index in [1.54, 1.807) is 4.90 Å². The Morgan fingerprint density at radius 3 is 2.52 bits per heavy atom. The Labute approximate surface area is 176 Å². The maximum absolute atomic E-state index is 4.57. The molecule has 0 unspecified atom stereocenters. The van der Waals surface area contributed by atoms with E-state index < -0.39 is 0 Å². The predicted molar refractivity (Wildman–Crippen MR) is 115 cm³/mol. The second-order valence-corrected chi connectivity index (χ2v) is 9.64. The molecule has 6 heteroatoms. The van der Waals surface area contributed by atoms with Gasteiger partial charge >= 0.3 is 0 Å². The molecule has 1 atom stereocenters. The number of piperidine rings is 1. The van der Waals surface area contributed by atoms with E-state index in [0.29, 0.717) is 6.04 Å². The number of aromatic nitrogens is 4. The van der Waals surface area contributed by atoms with Crippen LogP contribution in [0.25, 0.3) is 0 Å². The fourth-order valence-corrected chi connectivity index (χ4v) is 6.13. The molecule has 1 saturated heterocycles. The number of benzene rings is 1. The lowest BCUT2D eigenvalue weighted by molar-refractivity contribution is -0.932. The zero-order valence-corrected chi connectivity index (χ0v) is 17.7. The van der Waals surface area contributed by atoms with E-state index in [9.17, 15) is 0 Å². The summed E-state index contributed by atoms with van der Waals surface area (Å²) in [6, 6.07) is 16.1. The van der Waals surface area contributed by atoms with Gasteiger partial charge in [0.25, 0.3) is 0 Å². The Hall–Kier alpha value is -2.05. The summed E-state index contributed by atoms with van der Waals surface area (Å²) in [7, 11) is 0. The van der Waals surface area contributed by atoms with Gasteiger partial charge in [-0.25, -0.2) is 4.68 Å². The van der Waals surface area contributed by atoms with Crippen molar-refractivity contribution >= 4 is 11.3 Å². The molecule has 3 aromatic rings. The summed E-state index contributed by atoms with van der Waals surface area (Å²) in [6.45, 7) is 2.38. The highest BCUT2D eigenvalue weighted by Gasteiger charge is 2.37. The standard InChI is InChI=1S/C23H29N5S/c1-2-7-18(8-3-1)17-19-12-14-27(15-13-19)22(21-11-6-16-29-21)23-24-25-26-28(23)20-9-4-5-10-20/h1-3,6-8,11,16,19-20,22H,4-5,9-10,12-15,17H2/p+1/t22-/m0/s1. The van der Waals surface area contributed by atoms with E-state index in [1.165, 1.54) is 68.5 Å². The number of hydrogen-bond donors (Lipinski definition) is 1. The van der Waals surface area contributed by atoms with E-state index in [4.69, 9.17) is 0 Å². The Kier molecular flexibility index (Phi) is 5.72. The molecule has 0 spiro atoms. The van der Waals surface area contributed by atoms with Gasteiger partial charge in [-0.15, -0.1) is 16.4 Å². The second kappa shape index (κ2) is 8.76. The maximum Gasteiger partial charge on any atom is 0.215 e. The highest BCUT2D eigenvalue weighted by molar-refractivity contribution is 7.10. The van der Waals surface area contributed by atoms with Gasteiger partial charge in [-0.05, 0) is 65.5 Å². The molecule has 2 aliphatic rings. The zero-order chi connectivity index (χ0) is 19.5. The van der Waals surface area contributed by atoms with Crippen molar-refractivity contribution in [1.82, 2.24) is 20.2 Å². The van der Waals surface area contributed by atoms with Gasteiger partial charge in [-0.3, -0.25) is 0 Å². The first-order chi connectivity index (χ1) is 14.4. The predicted octanol–water partition coefficient (Wildman–Crippen LogP) is 3.48. The molecule has 152 valence electrons. The monoisotopic (exact) mass is 408 g/mol. The van der Waals surface area contributed by atoms with Crippen LogP contribution >= 0.6 is 11.3 Å². The average Bonchev–Trinajstić information content (AvgIpc) is 3.53. The van der Waals surface area contributed by atoms with Gasteiger partial charge in [0, 0.05) is 0 Å². The van der Waals surface area contributed by atoms with E-state index in [-0.39, 0.29) is 6.04 Å². The third kappa shape index (κ3) is 4.14. The van der Waals surface area contributed by atoms with Crippen LogP contribution in [0, 0.1) is 5.92 Å². The summed E-state index contributed by atoms with van der Waals surface area (Å²) < 4.78 is 2.17. The molecular formula is C23H30N5S+. The largest absolute Gasteiger partial charge is 0.322 e. The number of nitrogens with zero attached hydrogens (tertiary/aromatic N) is 4. The fourth-order valence-electron chi connectivity index (χ4n) is 5.25. The van der Waals surface area contributed by atoms with Crippen molar-refractivity contribution in [3.8, 4) is 0 Å². The number of hydrogen-bond acceptors (Lipinski definition) is 4. The summed E-state index contributed by atoms with van der Waals surface area (Å²) in [4.78, 5) is 3.03. The summed E-state index contributed by atoms with van der Waals surface area (Å²) in [5, 5.41) is 15.3. The highest BCUT2D eigenvalue weighted by atomic mass is 32.1. The lowest BCUT2D eigenvalue weighted by Gasteiger charge is -2.34. The number of likely N-dealkylation sites (tertiary alicyclic amines) is 1. The first-order valence-electron chi connectivity index (χ1n) is 11.1. The third-order valence-electron chi connectivity index (χ3n) is 6.80. The molecule has 1 saturated carbocycles. The minimum Gasteiger partial charge on any atom is -0.322 e. The lowest BCUT2D eigenvalue weighted by Crippen LogP contribution is -3.13. The van der Waals surface area contributed by atoms with Crippen LogP contribution in [-0.4, -0.2) is 33.3 Å². The SMILES string of the molecule is c1ccc(CC2CC[NH+]([C@@H](c3cccs3)c3nnnn3C3CCCC3)CC2)cc1. The molecule has 1 aromatic carbocycles. The molecular weight excluding hydrogens is 378 g/mol. The Balaban J connectivity index is 1.34. The molecule has 0 radical (unpaired) electrons. The molecule has 29 heavy (non-hydrogen) atoms. The number of thiophene rings is 1. The third-order valence-corrected chi connectivity index (χ3v) is 7.73. The van der Waals surface area contributed by atoms with Crippen molar-refractivity contribution in [2.24, 2.45) is 5.92 Å². The van der Waals surface area contributed by atoms with Crippen molar-refractivity contribution in [3.63, 3.8) is 0 Å². The van der Waals surface area contributed by atoms with Gasteiger partial charge in [0.2, 0.25) is 5.82 Å². The van der Waals surface area contributed by atoms with Crippen molar-refractivity contribution in [2.45, 2.75) is 57.0 Å². The maximum atomic E-state index is 4.57. The van der Waals surface area contributed by atoms with Crippen molar-refractivity contribution in [2.75, 3.05) is 13.1 Å². The molecule has 5 rings (SSSR count). The number of tetrazole rings is 1. The summed E-state index contributed by atoms with van der Waals surface area (Å²) in [6.07, 6.45) is 8.77. The van der Waals surface area contributed by atoms with Crippen molar-refractivity contribution in [1.29, 1.82) is 0 Å². The lowest BCUT2D eigenvalue weighted by atomic mass is 9.89. The second-order valence-electron chi connectivity index (χ2n) is 8.66. The Morgan fingerprint density at radius 1 is 1.00 bits per heavy atom. The van der Waals surface area contributed by atoms with Crippen LogP contribution < -0.4 is 4.90 Å². The smallest absolute Gasteiger partial charge is 0.215 e. The van der Waals surface area contributed by atoms with Crippen LogP contribution in [0.15, 0.2) is 47.8 Å². The zero-order valence-electron chi connectivity index (χ0n) is 16.9. The number of rotatable bonds is 6. The molecule has 1 aliphatic heterocycles. The van der Waals surface area contributed by atoms with Crippen LogP contribution in [0.2, 0.25) is 0 Å². The Bertz CT molecular complexity index is 877. The van der Waals surface area contributed by atoms with Crippen LogP contribution in [0.4, 0.5) is 0 Å². The van der Waals surface area contributed by atoms with Gasteiger partial charge in [0.15, 0.2) is 6.04 Å². The molecule has 1 N–H and O–H groups in total. The first-order valence-corrected chi connectivity index (χ1v) is 12.0. The normalized spacial score (nSPS) is 24.0. The van der Waals surface area contributed by atoms with Gasteiger partial charge < -0.3 is 4.90 Å². The van der Waals surface area contributed by atoms with Crippen LogP contribution in [0.5, 0.6) is 0 Å². The van der Waals surface area contributed by atoms with Gasteiger partial charge in [0.05, 0.1) is 24.0 Å². The van der Waals surface area contributed by atoms with Gasteiger partial charge in [0.1, 0.15) is 0 Å². The van der Waals surface area contributed by atoms with Crippen LogP contribution in [0.3, 0.4) is 0 Å². The van der Waals surface area contributed by atoms with Gasteiger partial charge in [-0.2, -0.15) is 0 Å². The minimum atomic E-state index is 0.267. The van der Waals surface area contributed by atoms with Gasteiger partial charge in [-0.1, -0.05) is 49.2 Å². The molecule has 1 aliphatic carbocycles. The molecule has 0 amide bonds. The fraction of sp³-hybridized carbons (Fsp3) is 0.522. The van der Waals surface area contributed by atoms with Crippen LogP contribution in [0.1, 0.15) is 66.9 Å². The van der Waals surface area contributed by atoms with E-state index >= 15 is 0 Å². The molecule has 3 heterocycles. The van der Waals surface area contributed by atoms with Crippen molar-refractivity contribution in [3.05, 3.63) is 64.1 Å².